The summed E-state index contributed by atoms with van der Waals surface area (Å²) in [6, 6.07) is 0. The highest BCUT2D eigenvalue weighted by Gasteiger charge is 2.41. The van der Waals surface area contributed by atoms with Crippen molar-refractivity contribution in [3.63, 3.8) is 0 Å². The standard InChI is InChI=1S/C65H76S40/c1-11-15-19-23-27-72-42-43(73-28-24-20-16-12-2)91-54(90-42)58-98-62-63(99-58)103-60(102-62)56-94-46(78-31-76-40-38(70-9)86-52(88-40)50-82-34(66-5)35(67-6)83-50)48(96-56)80-33-81-49-47(79-32-77-41-39(71-10)87-53(89-41)51-84-36(68-7)37(69-8)85-51)95-57(97-49)61-104-64-65(105-61)101-59(100-64)55-92-44(74-29-25-21-17-13-3)45(93-55)75-30-26-22-18-14-4/h11-33H2,1-10H3. The van der Waals surface area contributed by atoms with Crippen LogP contribution in [0, 0.1) is 0 Å². The van der Waals surface area contributed by atoms with Gasteiger partial charge >= 0.3 is 0 Å². The Bertz CT molecular complexity index is 3380. The van der Waals surface area contributed by atoms with Crippen molar-refractivity contribution in [2.45, 2.75) is 130 Å². The van der Waals surface area contributed by atoms with Crippen LogP contribution in [-0.2, 0) is 0 Å². The summed E-state index contributed by atoms with van der Waals surface area (Å²) in [4.78, 5) is 0. The largest absolute Gasteiger partial charge is 0.121 e. The Morgan fingerprint density at radius 1 is 0.152 bits per heavy atom. The Morgan fingerprint density at radius 2 is 0.286 bits per heavy atom. The number of thioether (sulfide) groups is 40. The average Bonchev–Trinajstić information content (AvgIpc) is 1.64. The van der Waals surface area contributed by atoms with Crippen LogP contribution in [0.3, 0.4) is 0 Å². The van der Waals surface area contributed by atoms with Crippen LogP contribution in [0.1, 0.15) is 130 Å². The third kappa shape index (κ3) is 27.4. The quantitative estimate of drug-likeness (QED) is 0.0420. The van der Waals surface area contributed by atoms with Gasteiger partial charge in [-0.1, -0.05) is 387 Å². The molecule has 0 aliphatic carbocycles. The molecule has 0 amide bonds. The van der Waals surface area contributed by atoms with Crippen LogP contribution in [0.15, 0.2) is 136 Å². The van der Waals surface area contributed by atoms with Gasteiger partial charge in [-0.25, -0.2) is 0 Å². The summed E-state index contributed by atoms with van der Waals surface area (Å²) in [6.45, 7) is 9.30. The zero-order chi connectivity index (χ0) is 73.0. The van der Waals surface area contributed by atoms with Gasteiger partial charge < -0.3 is 0 Å². The fourth-order valence-electron chi connectivity index (χ4n) is 9.17. The molecule has 0 saturated heterocycles. The zero-order valence-corrected chi connectivity index (χ0v) is 91.3. The maximum Gasteiger partial charge on any atom is 0.0718 e. The summed E-state index contributed by atoms with van der Waals surface area (Å²) in [5.41, 5.74) is 0. The van der Waals surface area contributed by atoms with Crippen molar-refractivity contribution >= 4 is 470 Å². The van der Waals surface area contributed by atoms with E-state index in [1.165, 1.54) is 244 Å². The fraction of sp³-hybridized carbons (Fsp3) is 0.508. The van der Waals surface area contributed by atoms with Gasteiger partial charge in [0.15, 0.2) is 0 Å². The lowest BCUT2D eigenvalue weighted by atomic mass is 10.2. The molecule has 0 bridgehead atoms. The van der Waals surface area contributed by atoms with Crippen molar-refractivity contribution in [2.75, 3.05) is 75.8 Å². The molecule has 0 nitrogen and oxygen atoms in total. The van der Waals surface area contributed by atoms with E-state index in [0.29, 0.717) is 0 Å². The van der Waals surface area contributed by atoms with Gasteiger partial charge in [-0.2, -0.15) is 0 Å². The van der Waals surface area contributed by atoms with E-state index >= 15 is 0 Å². The first-order valence-electron chi connectivity index (χ1n) is 33.2. The molecule has 0 radical (unpaired) electrons. The molecular weight excluding hydrogens is 2060 g/mol. The SMILES string of the molecule is CCCCCCSC1=C(SCCCCCC)SC(=C2SC3=C(S2)SC(=C2SC(SCSC4=C(SC)SC(=C5SC(SC)=C(SC)S5)S4)=C(SCSC4=C(SCSC5=C(SC)SC(=C6SC(SC)=C(SC)S6)S5)SC(=C5SC6=C(SC(=C7SC(SCCCCCC)=C(SCCCCCC)S7)S6)S5)S4)S2)S3)S1. The topological polar surface area (TPSA) is 0 Å². The molecule has 0 spiro atoms. The maximum atomic E-state index is 2.32. The normalized spacial score (nSPS) is 21.2. The molecule has 12 rings (SSSR count). The Kier molecular flexibility index (Phi) is 45.5. The molecule has 0 atom stereocenters. The molecule has 0 fully saturated rings. The monoisotopic (exact) mass is 2140 g/mol. The Labute approximate surface area is 798 Å². The van der Waals surface area contributed by atoms with E-state index in [1.807, 2.05) is 165 Å². The first kappa shape index (κ1) is 94.0. The predicted molar refractivity (Wildman–Crippen MR) is 582 cm³/mol. The number of hydrogen-bond donors (Lipinski definition) is 0. The molecule has 0 saturated carbocycles. The molecule has 0 aromatic rings. The van der Waals surface area contributed by atoms with E-state index in [0.717, 1.165) is 15.3 Å². The van der Waals surface area contributed by atoms with Crippen LogP contribution in [0.25, 0.3) is 0 Å². The lowest BCUT2D eigenvalue weighted by molar-refractivity contribution is 0.707. The van der Waals surface area contributed by atoms with Crippen LogP contribution >= 0.6 is 470 Å². The van der Waals surface area contributed by atoms with Crippen molar-refractivity contribution in [3.8, 4) is 0 Å². The first-order chi connectivity index (χ1) is 51.5. The molecule has 12 heterocycles. The Morgan fingerprint density at radius 3 is 0.448 bits per heavy atom. The molecule has 12 aliphatic rings. The molecule has 40 heteroatoms. The lowest BCUT2D eigenvalue weighted by Crippen LogP contribution is -1.83. The van der Waals surface area contributed by atoms with Gasteiger partial charge in [0.2, 0.25) is 0 Å². The second-order valence-electron chi connectivity index (χ2n) is 21.7. The first-order valence-corrected chi connectivity index (χ1v) is 70.0. The molecule has 0 aromatic carbocycles. The molecule has 0 N–H and O–H groups in total. The van der Waals surface area contributed by atoms with Crippen molar-refractivity contribution in [3.05, 3.63) is 136 Å². The minimum absolute atomic E-state index is 0.985. The van der Waals surface area contributed by atoms with Crippen LogP contribution in [0.5, 0.6) is 0 Å². The predicted octanol–water partition coefficient (Wildman–Crippen LogP) is 40.5. The van der Waals surface area contributed by atoms with E-state index in [1.54, 1.807) is 16.9 Å². The van der Waals surface area contributed by atoms with E-state index in [-0.39, 0.29) is 0 Å². The zero-order valence-electron chi connectivity index (χ0n) is 58.6. The smallest absolute Gasteiger partial charge is 0.0718 e. The van der Waals surface area contributed by atoms with Gasteiger partial charge in [-0.05, 0) is 86.2 Å². The minimum atomic E-state index is 0.985. The second kappa shape index (κ2) is 50.8. The van der Waals surface area contributed by atoms with Crippen molar-refractivity contribution in [1.29, 1.82) is 0 Å². The molecular formula is C65H76S40. The van der Waals surface area contributed by atoms with Crippen molar-refractivity contribution in [2.24, 2.45) is 0 Å². The van der Waals surface area contributed by atoms with Crippen LogP contribution in [0.4, 0.5) is 0 Å². The van der Waals surface area contributed by atoms with Gasteiger partial charge in [0, 0.05) is 15.3 Å². The van der Waals surface area contributed by atoms with E-state index < -0.39 is 0 Å². The number of rotatable bonds is 42. The fourth-order valence-corrected chi connectivity index (χ4v) is 69.8. The summed E-state index contributed by atoms with van der Waals surface area (Å²) in [5, 5.41) is 2.99. The average molecular weight is 2140 g/mol. The minimum Gasteiger partial charge on any atom is -0.121 e. The summed E-state index contributed by atoms with van der Waals surface area (Å²) < 4.78 is 47.7. The van der Waals surface area contributed by atoms with E-state index in [9.17, 15) is 0 Å². The Hall–Kier alpha value is 9.84. The number of hydrogen-bond acceptors (Lipinski definition) is 40. The third-order valence-corrected chi connectivity index (χ3v) is 72.7. The maximum absolute atomic E-state index is 2.32. The van der Waals surface area contributed by atoms with Gasteiger partial charge in [-0.3, -0.25) is 0 Å². The van der Waals surface area contributed by atoms with Gasteiger partial charge in [0.25, 0.3) is 0 Å². The molecule has 105 heavy (non-hydrogen) atoms. The summed E-state index contributed by atoms with van der Waals surface area (Å²) in [7, 11) is 0. The summed E-state index contributed by atoms with van der Waals surface area (Å²) in [6.07, 6.45) is 34.7. The molecule has 0 aromatic heterocycles. The van der Waals surface area contributed by atoms with E-state index in [2.05, 4.69) is 371 Å². The second-order valence-corrected chi connectivity index (χ2v) is 70.8. The molecule has 0 unspecified atom stereocenters. The van der Waals surface area contributed by atoms with Crippen LogP contribution < -0.4 is 0 Å². The lowest BCUT2D eigenvalue weighted by Gasteiger charge is -2.08. The summed E-state index contributed by atoms with van der Waals surface area (Å²) in [5.74, 6) is 4.95. The highest BCUT2D eigenvalue weighted by molar-refractivity contribution is 8.54. The highest BCUT2D eigenvalue weighted by atomic mass is 32.3. The van der Waals surface area contributed by atoms with Crippen LogP contribution in [-0.4, -0.2) is 75.8 Å². The molecule has 576 valence electrons. The van der Waals surface area contributed by atoms with Gasteiger partial charge in [-0.15, -0.1) is 188 Å². The third-order valence-electron chi connectivity index (χ3n) is 14.3. The van der Waals surface area contributed by atoms with E-state index in [4.69, 9.17) is 0 Å². The summed E-state index contributed by atoms with van der Waals surface area (Å²) >= 11 is 81.5. The highest BCUT2D eigenvalue weighted by Crippen LogP contribution is 2.77. The van der Waals surface area contributed by atoms with Crippen LogP contribution in [0.2, 0.25) is 0 Å². The molecule has 12 aliphatic heterocycles. The van der Waals surface area contributed by atoms with Crippen molar-refractivity contribution < 1.29 is 0 Å². The van der Waals surface area contributed by atoms with Gasteiger partial charge in [0.1, 0.15) is 0 Å². The number of unbranched alkanes of at least 4 members (excludes halogenated alkanes) is 12. The Balaban J connectivity index is 0.738. The van der Waals surface area contributed by atoms with Gasteiger partial charge in [0.05, 0.1) is 136 Å². The van der Waals surface area contributed by atoms with Crippen molar-refractivity contribution in [1.82, 2.24) is 0 Å².